The van der Waals surface area contributed by atoms with E-state index >= 15 is 0 Å². The number of likely N-dealkylation sites (tertiary alicyclic amines) is 1. The predicted molar refractivity (Wildman–Crippen MR) is 72.9 cm³/mol. The lowest BCUT2D eigenvalue weighted by atomic mass is 10.1. The van der Waals surface area contributed by atoms with Gasteiger partial charge in [0.2, 0.25) is 5.91 Å². The number of amides is 3. The van der Waals surface area contributed by atoms with Crippen molar-refractivity contribution in [2.75, 3.05) is 39.4 Å². The van der Waals surface area contributed by atoms with Gasteiger partial charge in [-0.2, -0.15) is 0 Å². The molecule has 0 aliphatic carbocycles. The van der Waals surface area contributed by atoms with Crippen LogP contribution >= 0.6 is 0 Å². The van der Waals surface area contributed by atoms with Gasteiger partial charge in [-0.15, -0.1) is 0 Å². The minimum absolute atomic E-state index is 0.00386. The Bertz CT molecular complexity index is 278. The first-order valence-corrected chi connectivity index (χ1v) is 7.11. The molecule has 110 valence electrons. The molecule has 3 amide bonds. The molecule has 0 aromatic carbocycles. The highest BCUT2D eigenvalue weighted by Gasteiger charge is 2.16. The number of piperidine rings is 1. The molecule has 1 saturated heterocycles. The van der Waals surface area contributed by atoms with Gasteiger partial charge in [0.1, 0.15) is 0 Å². The quantitative estimate of drug-likeness (QED) is 0.670. The van der Waals surface area contributed by atoms with E-state index in [1.165, 1.54) is 6.42 Å². The van der Waals surface area contributed by atoms with Crippen LogP contribution in [0.25, 0.3) is 0 Å². The second-order valence-electron chi connectivity index (χ2n) is 4.60. The van der Waals surface area contributed by atoms with E-state index in [0.29, 0.717) is 19.8 Å². The first-order valence-electron chi connectivity index (χ1n) is 7.11. The molecule has 1 aliphatic heterocycles. The maximum atomic E-state index is 11.8. The molecule has 0 unspecified atom stereocenters. The lowest BCUT2D eigenvalue weighted by Gasteiger charge is -2.26. The molecular weight excluding hydrogens is 246 g/mol. The van der Waals surface area contributed by atoms with Gasteiger partial charge in [-0.3, -0.25) is 4.79 Å². The van der Waals surface area contributed by atoms with Crippen LogP contribution in [0.5, 0.6) is 0 Å². The zero-order valence-corrected chi connectivity index (χ0v) is 11.7. The Morgan fingerprint density at radius 2 is 1.89 bits per heavy atom. The molecule has 0 saturated carbocycles. The van der Waals surface area contributed by atoms with Crippen molar-refractivity contribution in [2.24, 2.45) is 0 Å². The Labute approximate surface area is 114 Å². The molecule has 1 aliphatic rings. The third-order valence-corrected chi connectivity index (χ3v) is 3.06. The van der Waals surface area contributed by atoms with Gasteiger partial charge >= 0.3 is 6.03 Å². The van der Waals surface area contributed by atoms with Gasteiger partial charge in [0.05, 0.1) is 6.54 Å². The average molecular weight is 271 g/mol. The molecule has 0 aromatic heterocycles. The van der Waals surface area contributed by atoms with Crippen LogP contribution in [0.15, 0.2) is 0 Å². The maximum Gasteiger partial charge on any atom is 0.315 e. The lowest BCUT2D eigenvalue weighted by Crippen LogP contribution is -2.45. The number of ether oxygens (including phenoxy) is 1. The second-order valence-corrected chi connectivity index (χ2v) is 4.60. The molecule has 0 spiro atoms. The average Bonchev–Trinajstić information content (AvgIpc) is 2.45. The van der Waals surface area contributed by atoms with Gasteiger partial charge in [-0.25, -0.2) is 4.79 Å². The van der Waals surface area contributed by atoms with Crippen LogP contribution in [0, 0.1) is 0 Å². The summed E-state index contributed by atoms with van der Waals surface area (Å²) < 4.78 is 5.16. The van der Waals surface area contributed by atoms with Crippen LogP contribution in [0.3, 0.4) is 0 Å². The summed E-state index contributed by atoms with van der Waals surface area (Å²) in [5, 5.41) is 5.29. The standard InChI is InChI=1S/C13H25N3O3/c1-2-19-10-6-7-14-13(18)15-11-12(17)16-8-4-3-5-9-16/h2-11H2,1H3,(H2,14,15,18). The van der Waals surface area contributed by atoms with Gasteiger partial charge in [-0.05, 0) is 32.6 Å². The fourth-order valence-corrected chi connectivity index (χ4v) is 1.99. The van der Waals surface area contributed by atoms with Crippen molar-refractivity contribution in [2.45, 2.75) is 32.6 Å². The number of nitrogens with one attached hydrogen (secondary N) is 2. The van der Waals surface area contributed by atoms with Crippen LogP contribution in [-0.2, 0) is 9.53 Å². The van der Waals surface area contributed by atoms with Gasteiger partial charge in [0.25, 0.3) is 0 Å². The van der Waals surface area contributed by atoms with E-state index in [-0.39, 0.29) is 18.5 Å². The molecule has 0 atom stereocenters. The fraction of sp³-hybridized carbons (Fsp3) is 0.846. The summed E-state index contributed by atoms with van der Waals surface area (Å²) in [4.78, 5) is 25.0. The lowest BCUT2D eigenvalue weighted by molar-refractivity contribution is -0.130. The summed E-state index contributed by atoms with van der Waals surface area (Å²) in [5.41, 5.74) is 0. The van der Waals surface area contributed by atoms with Gasteiger partial charge in [0.15, 0.2) is 0 Å². The minimum Gasteiger partial charge on any atom is -0.382 e. The topological polar surface area (TPSA) is 70.7 Å². The zero-order chi connectivity index (χ0) is 13.9. The van der Waals surface area contributed by atoms with E-state index < -0.39 is 0 Å². The molecule has 19 heavy (non-hydrogen) atoms. The highest BCUT2D eigenvalue weighted by atomic mass is 16.5. The Morgan fingerprint density at radius 1 is 1.16 bits per heavy atom. The Morgan fingerprint density at radius 3 is 2.58 bits per heavy atom. The van der Waals surface area contributed by atoms with E-state index in [1.807, 2.05) is 11.8 Å². The molecule has 0 aromatic rings. The third-order valence-electron chi connectivity index (χ3n) is 3.06. The molecule has 2 N–H and O–H groups in total. The van der Waals surface area contributed by atoms with Gasteiger partial charge in [0, 0.05) is 32.8 Å². The van der Waals surface area contributed by atoms with Crippen molar-refractivity contribution in [1.29, 1.82) is 0 Å². The summed E-state index contributed by atoms with van der Waals surface area (Å²) in [6, 6.07) is -0.290. The number of nitrogens with zero attached hydrogens (tertiary/aromatic N) is 1. The van der Waals surface area contributed by atoms with Crippen LogP contribution < -0.4 is 10.6 Å². The summed E-state index contributed by atoms with van der Waals surface area (Å²) in [6.07, 6.45) is 4.10. The molecule has 6 heteroatoms. The fourth-order valence-electron chi connectivity index (χ4n) is 1.99. The molecule has 6 nitrogen and oxygen atoms in total. The first kappa shape index (κ1) is 15.8. The smallest absolute Gasteiger partial charge is 0.315 e. The van der Waals surface area contributed by atoms with E-state index in [4.69, 9.17) is 4.74 Å². The highest BCUT2D eigenvalue weighted by molar-refractivity contribution is 5.83. The van der Waals surface area contributed by atoms with Crippen LogP contribution in [0.2, 0.25) is 0 Å². The molecule has 0 bridgehead atoms. The maximum absolute atomic E-state index is 11.8. The van der Waals surface area contributed by atoms with Crippen molar-refractivity contribution >= 4 is 11.9 Å². The Balaban J connectivity index is 2.03. The molecule has 1 heterocycles. The normalized spacial score (nSPS) is 15.1. The van der Waals surface area contributed by atoms with Crippen molar-refractivity contribution in [3.63, 3.8) is 0 Å². The van der Waals surface area contributed by atoms with Crippen LogP contribution in [0.4, 0.5) is 4.79 Å². The molecule has 1 rings (SSSR count). The SMILES string of the molecule is CCOCCCNC(=O)NCC(=O)N1CCCCC1. The van der Waals surface area contributed by atoms with Crippen molar-refractivity contribution in [3.05, 3.63) is 0 Å². The second kappa shape index (κ2) is 9.61. The largest absolute Gasteiger partial charge is 0.382 e. The predicted octanol–water partition coefficient (Wildman–Crippen LogP) is 0.725. The third kappa shape index (κ3) is 7.00. The highest BCUT2D eigenvalue weighted by Crippen LogP contribution is 2.07. The number of carbonyl (C=O) groups is 2. The number of urea groups is 1. The minimum atomic E-state index is -0.290. The summed E-state index contributed by atoms with van der Waals surface area (Å²) >= 11 is 0. The number of carbonyl (C=O) groups excluding carboxylic acids is 2. The first-order chi connectivity index (χ1) is 9.24. The monoisotopic (exact) mass is 271 g/mol. The van der Waals surface area contributed by atoms with Gasteiger partial charge < -0.3 is 20.3 Å². The Kier molecular flexibility index (Phi) is 7.97. The Hall–Kier alpha value is -1.30. The van der Waals surface area contributed by atoms with E-state index in [2.05, 4.69) is 10.6 Å². The van der Waals surface area contributed by atoms with E-state index in [1.54, 1.807) is 0 Å². The summed E-state index contributed by atoms with van der Waals surface area (Å²) in [5.74, 6) is 0.00386. The summed E-state index contributed by atoms with van der Waals surface area (Å²) in [7, 11) is 0. The van der Waals surface area contributed by atoms with E-state index in [0.717, 1.165) is 32.4 Å². The molecule has 1 fully saturated rings. The van der Waals surface area contributed by atoms with Crippen molar-refractivity contribution < 1.29 is 14.3 Å². The van der Waals surface area contributed by atoms with Gasteiger partial charge in [-0.1, -0.05) is 0 Å². The molecular formula is C13H25N3O3. The van der Waals surface area contributed by atoms with Crippen LogP contribution in [-0.4, -0.2) is 56.2 Å². The number of hydrogen-bond acceptors (Lipinski definition) is 3. The molecule has 0 radical (unpaired) electrons. The van der Waals surface area contributed by atoms with Crippen molar-refractivity contribution in [3.8, 4) is 0 Å². The zero-order valence-electron chi connectivity index (χ0n) is 11.7. The number of rotatable bonds is 7. The number of hydrogen-bond donors (Lipinski definition) is 2. The summed E-state index contributed by atoms with van der Waals surface area (Å²) in [6.45, 7) is 5.54. The van der Waals surface area contributed by atoms with Crippen LogP contribution in [0.1, 0.15) is 32.6 Å². The van der Waals surface area contributed by atoms with E-state index in [9.17, 15) is 9.59 Å². The van der Waals surface area contributed by atoms with Crippen molar-refractivity contribution in [1.82, 2.24) is 15.5 Å².